The SMILES string of the molecule is C(=C/c1nc([P+](c2ccccc2)(c2ccccc2)c2ccccc2)c(N2CCCC2)o1)/c1ccccc1.[I-]. The number of anilines is 1. The number of hydrogen-bond donors (Lipinski definition) is 0. The van der Waals surface area contributed by atoms with Gasteiger partial charge in [0, 0.05) is 19.2 Å². The number of hydrogen-bond acceptors (Lipinski definition) is 3. The predicted molar refractivity (Wildman–Crippen MR) is 158 cm³/mol. The molecule has 0 saturated carbocycles. The van der Waals surface area contributed by atoms with E-state index < -0.39 is 7.26 Å². The maximum absolute atomic E-state index is 6.65. The second kappa shape index (κ2) is 12.1. The van der Waals surface area contributed by atoms with Crippen LogP contribution in [0.2, 0.25) is 0 Å². The molecule has 6 rings (SSSR count). The summed E-state index contributed by atoms with van der Waals surface area (Å²) >= 11 is 0. The second-order valence-electron chi connectivity index (χ2n) is 9.30. The molecule has 0 aliphatic carbocycles. The van der Waals surface area contributed by atoms with E-state index in [4.69, 9.17) is 9.40 Å². The van der Waals surface area contributed by atoms with Crippen LogP contribution < -0.4 is 50.2 Å². The van der Waals surface area contributed by atoms with E-state index in [9.17, 15) is 0 Å². The molecule has 0 spiro atoms. The second-order valence-corrected chi connectivity index (χ2v) is 12.6. The quantitative estimate of drug-likeness (QED) is 0.205. The average molecular weight is 628 g/mol. The fraction of sp³-hybridized carbons (Fsp3) is 0.121. The van der Waals surface area contributed by atoms with Gasteiger partial charge in [-0.1, -0.05) is 84.9 Å². The Labute approximate surface area is 242 Å². The molecule has 1 fully saturated rings. The lowest BCUT2D eigenvalue weighted by molar-refractivity contribution is -0.00000765. The molecule has 190 valence electrons. The molecule has 0 unspecified atom stereocenters. The highest BCUT2D eigenvalue weighted by Crippen LogP contribution is 2.56. The standard InChI is InChI=1S/C33H30N2OP.HI/c1-5-15-27(16-6-1)23-24-31-34-32(33(36-31)35-25-13-14-26-35)37(28-17-7-2-8-18-28,29-19-9-3-10-20-29)30-21-11-4-12-22-30;/h1-12,15-24H,13-14,25-26H2;1H/q+1;/p-1/b24-23-;. The van der Waals surface area contributed by atoms with Crippen molar-refractivity contribution in [2.45, 2.75) is 12.8 Å². The van der Waals surface area contributed by atoms with E-state index in [0.29, 0.717) is 5.89 Å². The monoisotopic (exact) mass is 628 g/mol. The third-order valence-electron chi connectivity index (χ3n) is 6.97. The molecule has 1 aliphatic rings. The summed E-state index contributed by atoms with van der Waals surface area (Å²) < 4.78 is 6.65. The maximum atomic E-state index is 6.65. The summed E-state index contributed by atoms with van der Waals surface area (Å²) in [6, 6.07) is 43.0. The molecule has 1 aromatic heterocycles. The Morgan fingerprint density at radius 1 is 0.605 bits per heavy atom. The van der Waals surface area contributed by atoms with Crippen molar-refractivity contribution in [2.75, 3.05) is 18.0 Å². The van der Waals surface area contributed by atoms with Crippen molar-refractivity contribution in [1.82, 2.24) is 4.98 Å². The van der Waals surface area contributed by atoms with Crippen molar-refractivity contribution in [1.29, 1.82) is 0 Å². The van der Waals surface area contributed by atoms with Gasteiger partial charge in [-0.3, -0.25) is 0 Å². The summed E-state index contributed by atoms with van der Waals surface area (Å²) in [6.45, 7) is 1.98. The van der Waals surface area contributed by atoms with Gasteiger partial charge >= 0.3 is 0 Å². The normalized spacial score (nSPS) is 13.5. The zero-order valence-electron chi connectivity index (χ0n) is 21.2. The first kappa shape index (κ1) is 26.4. The molecule has 0 N–H and O–H groups in total. The first-order chi connectivity index (χ1) is 18.4. The van der Waals surface area contributed by atoms with Crippen LogP contribution in [0.5, 0.6) is 0 Å². The summed E-state index contributed by atoms with van der Waals surface area (Å²) in [5.41, 5.74) is 2.17. The summed E-state index contributed by atoms with van der Waals surface area (Å²) in [5, 5.41) is 3.83. The lowest BCUT2D eigenvalue weighted by Crippen LogP contribution is -3.00. The average Bonchev–Trinajstić information content (AvgIpc) is 3.66. The van der Waals surface area contributed by atoms with E-state index in [1.54, 1.807) is 0 Å². The van der Waals surface area contributed by atoms with Crippen molar-refractivity contribution in [3.05, 3.63) is 133 Å². The predicted octanol–water partition coefficient (Wildman–Crippen LogP) is 3.07. The van der Waals surface area contributed by atoms with Gasteiger partial charge in [0.25, 0.3) is 11.3 Å². The Morgan fingerprint density at radius 3 is 1.53 bits per heavy atom. The number of nitrogens with zero attached hydrogens (tertiary/aromatic N) is 2. The molecular formula is C33H30IN2OP. The van der Waals surface area contributed by atoms with Crippen LogP contribution in [-0.4, -0.2) is 18.1 Å². The van der Waals surface area contributed by atoms with Crippen LogP contribution >= 0.6 is 7.26 Å². The summed E-state index contributed by atoms with van der Waals surface area (Å²) in [5.74, 6) is 1.56. The molecule has 3 nitrogen and oxygen atoms in total. The van der Waals surface area contributed by atoms with Crippen molar-refractivity contribution in [3.8, 4) is 0 Å². The fourth-order valence-electron chi connectivity index (χ4n) is 5.24. The maximum Gasteiger partial charge on any atom is 0.262 e. The summed E-state index contributed by atoms with van der Waals surface area (Å²) in [7, 11) is -2.35. The Balaban J connectivity index is 0.00000294. The van der Waals surface area contributed by atoms with Gasteiger partial charge in [0.05, 0.1) is 0 Å². The fourth-order valence-corrected chi connectivity index (χ4v) is 9.44. The zero-order chi connectivity index (χ0) is 24.9. The Kier molecular flexibility index (Phi) is 8.41. The van der Waals surface area contributed by atoms with Gasteiger partial charge in [0.1, 0.15) is 15.9 Å². The van der Waals surface area contributed by atoms with Gasteiger partial charge in [-0.05, 0) is 60.9 Å². The van der Waals surface area contributed by atoms with E-state index in [1.807, 2.05) is 24.3 Å². The number of oxazole rings is 1. The molecule has 38 heavy (non-hydrogen) atoms. The molecule has 5 aromatic rings. The Bertz CT molecular complexity index is 1370. The molecule has 5 heteroatoms. The molecule has 0 atom stereocenters. The van der Waals surface area contributed by atoms with Crippen LogP contribution in [0, 0.1) is 0 Å². The highest BCUT2D eigenvalue weighted by Gasteiger charge is 2.53. The lowest BCUT2D eigenvalue weighted by atomic mass is 10.2. The number of aromatic nitrogens is 1. The van der Waals surface area contributed by atoms with Crippen LogP contribution in [0.1, 0.15) is 24.3 Å². The van der Waals surface area contributed by atoms with Gasteiger partial charge in [0.15, 0.2) is 7.26 Å². The summed E-state index contributed by atoms with van der Waals surface area (Å²) in [4.78, 5) is 7.72. The minimum Gasteiger partial charge on any atom is -1.00 e. The van der Waals surface area contributed by atoms with Crippen molar-refractivity contribution in [2.24, 2.45) is 0 Å². The van der Waals surface area contributed by atoms with Crippen LogP contribution in [0.4, 0.5) is 5.88 Å². The minimum atomic E-state index is -2.35. The molecule has 1 aliphatic heterocycles. The van der Waals surface area contributed by atoms with Crippen LogP contribution in [0.3, 0.4) is 0 Å². The molecule has 2 heterocycles. The smallest absolute Gasteiger partial charge is 0.262 e. The molecular weight excluding hydrogens is 598 g/mol. The van der Waals surface area contributed by atoms with Gasteiger partial charge in [-0.25, -0.2) is 0 Å². The van der Waals surface area contributed by atoms with Gasteiger partial charge in [-0.15, -0.1) is 0 Å². The minimum absolute atomic E-state index is 0. The van der Waals surface area contributed by atoms with Gasteiger partial charge in [0.2, 0.25) is 5.89 Å². The van der Waals surface area contributed by atoms with E-state index in [2.05, 4.69) is 114 Å². The largest absolute Gasteiger partial charge is 1.00 e. The van der Waals surface area contributed by atoms with E-state index in [1.165, 1.54) is 28.8 Å². The lowest BCUT2D eigenvalue weighted by Gasteiger charge is -2.27. The van der Waals surface area contributed by atoms with Crippen LogP contribution in [0.15, 0.2) is 126 Å². The number of benzene rings is 4. The molecule has 0 radical (unpaired) electrons. The van der Waals surface area contributed by atoms with Crippen LogP contribution in [0.25, 0.3) is 12.2 Å². The van der Waals surface area contributed by atoms with Crippen molar-refractivity contribution in [3.63, 3.8) is 0 Å². The Hall–Kier alpha value is -3.21. The van der Waals surface area contributed by atoms with Gasteiger partial charge in [-0.2, -0.15) is 4.98 Å². The molecule has 0 bridgehead atoms. The van der Waals surface area contributed by atoms with Crippen LogP contribution in [-0.2, 0) is 0 Å². The van der Waals surface area contributed by atoms with Gasteiger partial charge < -0.3 is 33.3 Å². The van der Waals surface area contributed by atoms with Crippen molar-refractivity contribution < 1.29 is 28.4 Å². The highest BCUT2D eigenvalue weighted by atomic mass is 127. The van der Waals surface area contributed by atoms with E-state index in [-0.39, 0.29) is 24.0 Å². The number of halogens is 1. The first-order valence-corrected chi connectivity index (χ1v) is 14.7. The molecule has 1 saturated heterocycles. The first-order valence-electron chi connectivity index (χ1n) is 12.9. The van der Waals surface area contributed by atoms with E-state index >= 15 is 0 Å². The van der Waals surface area contributed by atoms with E-state index in [0.717, 1.165) is 30.0 Å². The third kappa shape index (κ3) is 5.08. The highest BCUT2D eigenvalue weighted by molar-refractivity contribution is 8.01. The third-order valence-corrected chi connectivity index (χ3v) is 11.1. The molecule has 0 amide bonds. The Morgan fingerprint density at radius 2 is 1.05 bits per heavy atom. The number of rotatable bonds is 7. The topological polar surface area (TPSA) is 29.3 Å². The van der Waals surface area contributed by atoms with Crippen molar-refractivity contribution >= 4 is 46.6 Å². The molecule has 4 aromatic carbocycles. The zero-order valence-corrected chi connectivity index (χ0v) is 24.2. The summed E-state index contributed by atoms with van der Waals surface area (Å²) in [6.07, 6.45) is 6.43.